The van der Waals surface area contributed by atoms with Crippen molar-refractivity contribution in [2.24, 2.45) is 4.99 Å². The zero-order valence-electron chi connectivity index (χ0n) is 18.0. The molecule has 1 aromatic heterocycles. The van der Waals surface area contributed by atoms with Crippen LogP contribution >= 0.6 is 0 Å². The number of furan rings is 1. The van der Waals surface area contributed by atoms with Crippen LogP contribution in [0.2, 0.25) is 0 Å². The molecule has 1 amide bonds. The number of rotatable bonds is 6. The Hall–Kier alpha value is -2.84. The minimum atomic E-state index is -0.256. The fourth-order valence-corrected chi connectivity index (χ4v) is 4.06. The molecule has 2 aliphatic heterocycles. The standard InChI is InChI=1S/C23H31N5O3/c1-2-24-23(28-10-9-20(17-28)27-11-14-30-15-12-27)25-16-18-5-7-19(8-6-18)26-22(29)21-4-3-13-31-21/h3-8,13,20H,2,9-12,14-17H2,1H3,(H,24,25)(H,26,29). The van der Waals surface area contributed by atoms with Crippen molar-refractivity contribution in [3.63, 3.8) is 0 Å². The molecule has 8 heteroatoms. The third kappa shape index (κ3) is 5.65. The first kappa shape index (κ1) is 21.4. The lowest BCUT2D eigenvalue weighted by molar-refractivity contribution is 0.0195. The molecular weight excluding hydrogens is 394 g/mol. The van der Waals surface area contributed by atoms with Gasteiger partial charge in [0.2, 0.25) is 0 Å². The number of ether oxygens (including phenoxy) is 1. The summed E-state index contributed by atoms with van der Waals surface area (Å²) in [5.74, 6) is 1.01. The Morgan fingerprint density at radius 1 is 1.16 bits per heavy atom. The van der Waals surface area contributed by atoms with E-state index in [1.165, 1.54) is 6.26 Å². The van der Waals surface area contributed by atoms with Crippen molar-refractivity contribution in [1.29, 1.82) is 0 Å². The van der Waals surface area contributed by atoms with E-state index in [1.807, 2.05) is 24.3 Å². The van der Waals surface area contributed by atoms with E-state index < -0.39 is 0 Å². The maximum Gasteiger partial charge on any atom is 0.291 e. The highest BCUT2D eigenvalue weighted by Crippen LogP contribution is 2.18. The van der Waals surface area contributed by atoms with Crippen molar-refractivity contribution in [1.82, 2.24) is 15.1 Å². The number of nitrogens with one attached hydrogen (secondary N) is 2. The third-order valence-electron chi connectivity index (χ3n) is 5.73. The third-order valence-corrected chi connectivity index (χ3v) is 5.73. The number of hydrogen-bond acceptors (Lipinski definition) is 5. The molecule has 1 aromatic carbocycles. The zero-order valence-corrected chi connectivity index (χ0v) is 18.0. The predicted molar refractivity (Wildman–Crippen MR) is 120 cm³/mol. The van der Waals surface area contributed by atoms with Crippen molar-refractivity contribution in [3.8, 4) is 0 Å². The lowest BCUT2D eigenvalue weighted by Crippen LogP contribution is -2.46. The van der Waals surface area contributed by atoms with Gasteiger partial charge in [0.1, 0.15) is 0 Å². The van der Waals surface area contributed by atoms with Gasteiger partial charge in [0, 0.05) is 44.5 Å². The topological polar surface area (TPSA) is 82.3 Å². The average molecular weight is 426 g/mol. The fourth-order valence-electron chi connectivity index (χ4n) is 4.06. The quantitative estimate of drug-likeness (QED) is 0.546. The number of carbonyl (C=O) groups is 1. The summed E-state index contributed by atoms with van der Waals surface area (Å²) < 4.78 is 10.6. The number of aliphatic imine (C=N–C) groups is 1. The zero-order chi connectivity index (χ0) is 21.5. The summed E-state index contributed by atoms with van der Waals surface area (Å²) >= 11 is 0. The van der Waals surface area contributed by atoms with Crippen molar-refractivity contribution in [3.05, 3.63) is 54.0 Å². The molecule has 0 aliphatic carbocycles. The molecule has 2 fully saturated rings. The molecule has 0 saturated carbocycles. The Morgan fingerprint density at radius 2 is 1.97 bits per heavy atom. The van der Waals surface area contributed by atoms with Gasteiger partial charge in [-0.05, 0) is 43.2 Å². The van der Waals surface area contributed by atoms with Gasteiger partial charge in [-0.15, -0.1) is 0 Å². The van der Waals surface area contributed by atoms with Crippen molar-refractivity contribution >= 4 is 17.6 Å². The predicted octanol–water partition coefficient (Wildman–Crippen LogP) is 2.40. The summed E-state index contributed by atoms with van der Waals surface area (Å²) in [6.45, 7) is 9.27. The summed E-state index contributed by atoms with van der Waals surface area (Å²) in [5.41, 5.74) is 1.82. The van der Waals surface area contributed by atoms with Crippen LogP contribution in [0.5, 0.6) is 0 Å². The SMILES string of the molecule is CCNC(=NCc1ccc(NC(=O)c2ccco2)cc1)N1CCC(N2CCOCC2)C1. The summed E-state index contributed by atoms with van der Waals surface area (Å²) in [7, 11) is 0. The van der Waals surface area contributed by atoms with E-state index in [9.17, 15) is 4.79 Å². The van der Waals surface area contributed by atoms with Crippen LogP contribution in [0.3, 0.4) is 0 Å². The molecule has 1 atom stereocenters. The van der Waals surface area contributed by atoms with Crippen molar-refractivity contribution in [2.45, 2.75) is 25.9 Å². The monoisotopic (exact) mass is 425 g/mol. The number of anilines is 1. The van der Waals surface area contributed by atoms with Crippen LogP contribution in [-0.2, 0) is 11.3 Å². The highest BCUT2D eigenvalue weighted by atomic mass is 16.5. The Bertz CT molecular complexity index is 860. The van der Waals surface area contributed by atoms with Crippen LogP contribution in [0.1, 0.15) is 29.5 Å². The second-order valence-corrected chi connectivity index (χ2v) is 7.84. The van der Waals surface area contributed by atoms with Gasteiger partial charge in [-0.2, -0.15) is 0 Å². The largest absolute Gasteiger partial charge is 0.459 e. The van der Waals surface area contributed by atoms with E-state index in [4.69, 9.17) is 14.1 Å². The summed E-state index contributed by atoms with van der Waals surface area (Å²) in [6.07, 6.45) is 2.65. The fraction of sp³-hybridized carbons (Fsp3) is 0.478. The number of guanidine groups is 1. The van der Waals surface area contributed by atoms with Crippen LogP contribution in [0.4, 0.5) is 5.69 Å². The molecule has 2 N–H and O–H groups in total. The summed E-state index contributed by atoms with van der Waals surface area (Å²) in [4.78, 5) is 21.9. The maximum absolute atomic E-state index is 12.1. The number of carbonyl (C=O) groups excluding carboxylic acids is 1. The molecule has 2 aromatic rings. The number of morpholine rings is 1. The minimum Gasteiger partial charge on any atom is -0.459 e. The minimum absolute atomic E-state index is 0.256. The van der Waals surface area contributed by atoms with Gasteiger partial charge in [-0.1, -0.05) is 12.1 Å². The molecule has 8 nitrogen and oxygen atoms in total. The van der Waals surface area contributed by atoms with Gasteiger partial charge in [0.25, 0.3) is 5.91 Å². The van der Waals surface area contributed by atoms with E-state index in [0.717, 1.165) is 69.6 Å². The Morgan fingerprint density at radius 3 is 2.68 bits per heavy atom. The number of nitrogens with zero attached hydrogens (tertiary/aromatic N) is 3. The normalized spacial score (nSPS) is 20.1. The average Bonchev–Trinajstić information content (AvgIpc) is 3.51. The molecule has 3 heterocycles. The van der Waals surface area contributed by atoms with Crippen LogP contribution in [0.15, 0.2) is 52.1 Å². The van der Waals surface area contributed by atoms with E-state index in [0.29, 0.717) is 18.3 Å². The number of benzene rings is 1. The number of hydrogen-bond donors (Lipinski definition) is 2. The van der Waals surface area contributed by atoms with Crippen molar-refractivity contribution < 1.29 is 13.9 Å². The molecular formula is C23H31N5O3. The van der Waals surface area contributed by atoms with Crippen LogP contribution < -0.4 is 10.6 Å². The number of likely N-dealkylation sites (tertiary alicyclic amines) is 1. The second-order valence-electron chi connectivity index (χ2n) is 7.84. The first-order valence-electron chi connectivity index (χ1n) is 11.0. The molecule has 2 saturated heterocycles. The molecule has 0 bridgehead atoms. The highest BCUT2D eigenvalue weighted by molar-refractivity contribution is 6.02. The molecule has 31 heavy (non-hydrogen) atoms. The van der Waals surface area contributed by atoms with E-state index >= 15 is 0 Å². The molecule has 4 rings (SSSR count). The first-order chi connectivity index (χ1) is 15.2. The van der Waals surface area contributed by atoms with Crippen LogP contribution in [0, 0.1) is 0 Å². The first-order valence-corrected chi connectivity index (χ1v) is 11.0. The molecule has 2 aliphatic rings. The maximum atomic E-state index is 12.1. The summed E-state index contributed by atoms with van der Waals surface area (Å²) in [6, 6.07) is 11.7. The van der Waals surface area contributed by atoms with E-state index in [2.05, 4.69) is 27.4 Å². The van der Waals surface area contributed by atoms with Gasteiger partial charge in [-0.25, -0.2) is 4.99 Å². The van der Waals surface area contributed by atoms with Crippen LogP contribution in [-0.4, -0.2) is 73.6 Å². The lowest BCUT2D eigenvalue weighted by atomic mass is 10.2. The Labute approximate surface area is 183 Å². The molecule has 0 spiro atoms. The molecule has 1 unspecified atom stereocenters. The van der Waals surface area contributed by atoms with Crippen molar-refractivity contribution in [2.75, 3.05) is 51.3 Å². The van der Waals surface area contributed by atoms with Crippen LogP contribution in [0.25, 0.3) is 0 Å². The van der Waals surface area contributed by atoms with Gasteiger partial charge in [0.15, 0.2) is 11.7 Å². The van der Waals surface area contributed by atoms with E-state index in [-0.39, 0.29) is 5.91 Å². The van der Waals surface area contributed by atoms with Gasteiger partial charge < -0.3 is 24.7 Å². The second kappa shape index (κ2) is 10.5. The van der Waals surface area contributed by atoms with E-state index in [1.54, 1.807) is 12.1 Å². The smallest absolute Gasteiger partial charge is 0.291 e. The van der Waals surface area contributed by atoms with Gasteiger partial charge in [-0.3, -0.25) is 9.69 Å². The Kier molecular flexibility index (Phi) is 7.22. The molecule has 166 valence electrons. The number of amides is 1. The van der Waals surface area contributed by atoms with Gasteiger partial charge in [0.05, 0.1) is 26.0 Å². The molecule has 0 radical (unpaired) electrons. The van der Waals surface area contributed by atoms with Gasteiger partial charge >= 0.3 is 0 Å². The summed E-state index contributed by atoms with van der Waals surface area (Å²) in [5, 5.41) is 6.27. The lowest BCUT2D eigenvalue weighted by Gasteiger charge is -2.32. The highest BCUT2D eigenvalue weighted by Gasteiger charge is 2.30. The Balaban J connectivity index is 1.33.